The van der Waals surface area contributed by atoms with Gasteiger partial charge in [-0.05, 0) is 67.5 Å². The average Bonchev–Trinajstić information content (AvgIpc) is 2.80. The molecule has 2 aromatic carbocycles. The fraction of sp³-hybridized carbons (Fsp3) is 0.519. The zero-order chi connectivity index (χ0) is 21.9. The predicted molar refractivity (Wildman–Crippen MR) is 123 cm³/mol. The monoisotopic (exact) mass is 426 g/mol. The Hall–Kier alpha value is -2.20. The maximum atomic E-state index is 13.1. The minimum atomic E-state index is -0.276. The molecule has 1 fully saturated rings. The van der Waals surface area contributed by atoms with Gasteiger partial charge in [0.15, 0.2) is 0 Å². The number of rotatable bonds is 11. The van der Waals surface area contributed by atoms with E-state index < -0.39 is 0 Å². The Morgan fingerprint density at radius 3 is 2.00 bits per heavy atom. The summed E-state index contributed by atoms with van der Waals surface area (Å²) >= 11 is 0. The highest BCUT2D eigenvalue weighted by Crippen LogP contribution is 2.25. The number of hydrogen-bond acceptors (Lipinski definition) is 3. The minimum absolute atomic E-state index is 0.0295. The summed E-state index contributed by atoms with van der Waals surface area (Å²) in [5, 5.41) is 0. The molecule has 1 aliphatic rings. The van der Waals surface area contributed by atoms with E-state index in [1.54, 1.807) is 24.3 Å². The molecule has 31 heavy (non-hydrogen) atoms. The second kappa shape index (κ2) is 12.6. The third-order valence-electron chi connectivity index (χ3n) is 6.04. The van der Waals surface area contributed by atoms with Gasteiger partial charge in [-0.2, -0.15) is 0 Å². The van der Waals surface area contributed by atoms with Crippen LogP contribution in [0, 0.1) is 5.82 Å². The number of carbonyl (C=O) groups is 1. The number of unbranched alkanes of at least 4 members (excludes halogenated alkanes) is 5. The van der Waals surface area contributed by atoms with Gasteiger partial charge in [-0.15, -0.1) is 0 Å². The Labute approximate surface area is 186 Å². The van der Waals surface area contributed by atoms with E-state index in [2.05, 4.69) is 6.92 Å². The fourth-order valence-electron chi connectivity index (χ4n) is 4.11. The molecular formula is C27H35FO3. The molecule has 0 radical (unpaired) electrons. The van der Waals surface area contributed by atoms with Crippen LogP contribution in [0.15, 0.2) is 48.5 Å². The summed E-state index contributed by atoms with van der Waals surface area (Å²) in [5.74, 6) is -0.534. The van der Waals surface area contributed by atoms with Crippen molar-refractivity contribution in [2.75, 3.05) is 6.61 Å². The van der Waals surface area contributed by atoms with Crippen LogP contribution in [0.5, 0.6) is 0 Å². The first-order valence-corrected chi connectivity index (χ1v) is 11.8. The van der Waals surface area contributed by atoms with Crippen molar-refractivity contribution in [3.05, 3.63) is 59.9 Å². The van der Waals surface area contributed by atoms with E-state index in [0.29, 0.717) is 11.7 Å². The lowest BCUT2D eigenvalue weighted by atomic mass is 9.95. The summed E-state index contributed by atoms with van der Waals surface area (Å²) in [6, 6.07) is 13.6. The number of hydrogen-bond donors (Lipinski definition) is 0. The molecular weight excluding hydrogens is 391 g/mol. The zero-order valence-electron chi connectivity index (χ0n) is 18.7. The molecule has 3 nitrogen and oxygen atoms in total. The van der Waals surface area contributed by atoms with E-state index in [9.17, 15) is 9.18 Å². The van der Waals surface area contributed by atoms with Crippen LogP contribution < -0.4 is 0 Å². The van der Waals surface area contributed by atoms with Crippen molar-refractivity contribution in [3.63, 3.8) is 0 Å². The third-order valence-corrected chi connectivity index (χ3v) is 6.04. The third kappa shape index (κ3) is 7.77. The highest BCUT2D eigenvalue weighted by molar-refractivity contribution is 5.90. The van der Waals surface area contributed by atoms with Crippen LogP contribution in [0.2, 0.25) is 0 Å². The van der Waals surface area contributed by atoms with Crippen LogP contribution in [0.4, 0.5) is 4.39 Å². The molecule has 0 amide bonds. The van der Waals surface area contributed by atoms with E-state index in [1.165, 1.54) is 44.2 Å². The van der Waals surface area contributed by atoms with Gasteiger partial charge < -0.3 is 9.47 Å². The molecule has 1 saturated carbocycles. The molecule has 0 unspecified atom stereocenters. The van der Waals surface area contributed by atoms with Crippen LogP contribution in [0.25, 0.3) is 11.1 Å². The fourth-order valence-corrected chi connectivity index (χ4v) is 4.11. The smallest absolute Gasteiger partial charge is 0.338 e. The highest BCUT2D eigenvalue weighted by Gasteiger charge is 2.24. The van der Waals surface area contributed by atoms with Crippen molar-refractivity contribution in [1.82, 2.24) is 0 Å². The molecule has 4 heteroatoms. The van der Waals surface area contributed by atoms with Gasteiger partial charge in [-0.3, -0.25) is 0 Å². The Kier molecular flexibility index (Phi) is 9.54. The van der Waals surface area contributed by atoms with Gasteiger partial charge in [0.1, 0.15) is 11.9 Å². The van der Waals surface area contributed by atoms with Crippen molar-refractivity contribution >= 4 is 5.97 Å². The molecule has 0 saturated heterocycles. The van der Waals surface area contributed by atoms with E-state index in [-0.39, 0.29) is 17.9 Å². The SMILES string of the molecule is CCCCCCCCOC1CCC(OC(=O)c2ccc(-c3ccc(F)cc3)cc2)CC1. The molecule has 0 atom stereocenters. The highest BCUT2D eigenvalue weighted by atomic mass is 19.1. The summed E-state index contributed by atoms with van der Waals surface area (Å²) in [4.78, 5) is 12.5. The first-order chi connectivity index (χ1) is 15.2. The standard InChI is InChI=1S/C27H35FO3/c1-2-3-4-5-6-7-20-30-25-16-18-26(19-17-25)31-27(29)23-10-8-21(9-11-23)22-12-14-24(28)15-13-22/h8-15,25-26H,2-7,16-20H2,1H3. The predicted octanol–water partition coefficient (Wildman–Crippen LogP) is 7.34. The van der Waals surface area contributed by atoms with Crippen LogP contribution in [0.3, 0.4) is 0 Å². The lowest BCUT2D eigenvalue weighted by Gasteiger charge is -2.28. The quantitative estimate of drug-likeness (QED) is 0.278. The lowest BCUT2D eigenvalue weighted by Crippen LogP contribution is -2.28. The summed E-state index contributed by atoms with van der Waals surface area (Å²) in [7, 11) is 0. The van der Waals surface area contributed by atoms with E-state index in [4.69, 9.17) is 9.47 Å². The second-order valence-electron chi connectivity index (χ2n) is 8.53. The molecule has 0 N–H and O–H groups in total. The molecule has 3 rings (SSSR count). The zero-order valence-corrected chi connectivity index (χ0v) is 18.7. The van der Waals surface area contributed by atoms with Crippen molar-refractivity contribution < 1.29 is 18.7 Å². The molecule has 0 aliphatic heterocycles. The summed E-state index contributed by atoms with van der Waals surface area (Å²) < 4.78 is 24.8. The molecule has 168 valence electrons. The van der Waals surface area contributed by atoms with Gasteiger partial charge >= 0.3 is 5.97 Å². The number of benzene rings is 2. The normalized spacial score (nSPS) is 18.6. The maximum absolute atomic E-state index is 13.1. The Bertz CT molecular complexity index is 777. The van der Waals surface area contributed by atoms with Crippen LogP contribution >= 0.6 is 0 Å². The topological polar surface area (TPSA) is 35.5 Å². The first-order valence-electron chi connectivity index (χ1n) is 11.8. The van der Waals surface area contributed by atoms with Crippen molar-refractivity contribution in [1.29, 1.82) is 0 Å². The minimum Gasteiger partial charge on any atom is -0.459 e. The molecule has 0 spiro atoms. The summed E-state index contributed by atoms with van der Waals surface area (Å²) in [6.45, 7) is 3.09. The van der Waals surface area contributed by atoms with Crippen molar-refractivity contribution in [3.8, 4) is 11.1 Å². The van der Waals surface area contributed by atoms with Crippen LogP contribution in [-0.4, -0.2) is 24.8 Å². The maximum Gasteiger partial charge on any atom is 0.338 e. The van der Waals surface area contributed by atoms with Crippen LogP contribution in [-0.2, 0) is 9.47 Å². The molecule has 0 bridgehead atoms. The summed E-state index contributed by atoms with van der Waals surface area (Å²) in [5.41, 5.74) is 2.41. The number of ether oxygens (including phenoxy) is 2. The Morgan fingerprint density at radius 1 is 0.806 bits per heavy atom. The molecule has 0 aromatic heterocycles. The van der Waals surface area contributed by atoms with E-state index >= 15 is 0 Å². The Balaban J connectivity index is 1.35. The molecule has 2 aromatic rings. The van der Waals surface area contributed by atoms with Gasteiger partial charge in [0.05, 0.1) is 11.7 Å². The van der Waals surface area contributed by atoms with Gasteiger partial charge in [0, 0.05) is 6.61 Å². The number of carbonyl (C=O) groups excluding carboxylic acids is 1. The van der Waals surface area contributed by atoms with Crippen molar-refractivity contribution in [2.45, 2.75) is 83.3 Å². The van der Waals surface area contributed by atoms with Crippen molar-refractivity contribution in [2.24, 2.45) is 0 Å². The molecule has 1 aliphatic carbocycles. The van der Waals surface area contributed by atoms with Gasteiger partial charge in [-0.1, -0.05) is 63.3 Å². The molecule has 0 heterocycles. The van der Waals surface area contributed by atoms with Crippen LogP contribution in [0.1, 0.15) is 81.5 Å². The number of halogens is 1. The first kappa shape index (κ1) is 23.5. The second-order valence-corrected chi connectivity index (χ2v) is 8.53. The number of esters is 1. The van der Waals surface area contributed by atoms with Gasteiger partial charge in [-0.25, -0.2) is 9.18 Å². The average molecular weight is 427 g/mol. The van der Waals surface area contributed by atoms with E-state index in [0.717, 1.165) is 49.8 Å². The van der Waals surface area contributed by atoms with Gasteiger partial charge in [0.25, 0.3) is 0 Å². The lowest BCUT2D eigenvalue weighted by molar-refractivity contribution is -0.0204. The van der Waals surface area contributed by atoms with E-state index in [1.807, 2.05) is 12.1 Å². The van der Waals surface area contributed by atoms with Gasteiger partial charge in [0.2, 0.25) is 0 Å². The largest absolute Gasteiger partial charge is 0.459 e. The summed E-state index contributed by atoms with van der Waals surface area (Å²) in [6.07, 6.45) is 11.6. The Morgan fingerprint density at radius 2 is 1.35 bits per heavy atom.